The lowest BCUT2D eigenvalue weighted by atomic mass is 9.95. The first-order chi connectivity index (χ1) is 11.1. The van der Waals surface area contributed by atoms with E-state index in [0.717, 1.165) is 42.9 Å². The summed E-state index contributed by atoms with van der Waals surface area (Å²) in [5.41, 5.74) is 7.64. The molecule has 0 spiro atoms. The molecule has 2 aliphatic rings. The topological polar surface area (TPSA) is 64.8 Å². The monoisotopic (exact) mass is 316 g/mol. The predicted octanol–water partition coefficient (Wildman–Crippen LogP) is 2.20. The Morgan fingerprint density at radius 3 is 3.00 bits per heavy atom. The molecule has 2 aliphatic heterocycles. The van der Waals surface area contributed by atoms with Crippen LogP contribution in [0.5, 0.6) is 11.5 Å². The summed E-state index contributed by atoms with van der Waals surface area (Å²) in [4.78, 5) is 14.8. The van der Waals surface area contributed by atoms with Crippen molar-refractivity contribution < 1.29 is 14.3 Å². The maximum atomic E-state index is 12.9. The first-order valence-corrected chi connectivity index (χ1v) is 8.18. The van der Waals surface area contributed by atoms with Gasteiger partial charge in [-0.15, -0.1) is 0 Å². The molecule has 0 saturated carbocycles. The first-order valence-electron chi connectivity index (χ1n) is 8.18. The minimum absolute atomic E-state index is 0.0169. The number of benzene rings is 1. The summed E-state index contributed by atoms with van der Waals surface area (Å²) in [5, 5.41) is 0. The number of hydrogen-bond donors (Lipinski definition) is 1. The number of rotatable bonds is 3. The average molecular weight is 316 g/mol. The number of carbonyl (C=O) groups excluding carboxylic acids is 1. The van der Waals surface area contributed by atoms with Crippen molar-refractivity contribution in [1.29, 1.82) is 0 Å². The quantitative estimate of drug-likeness (QED) is 0.928. The molecule has 23 heavy (non-hydrogen) atoms. The molecular weight excluding hydrogens is 292 g/mol. The normalized spacial score (nSPS) is 21.8. The molecule has 5 nitrogen and oxygen atoms in total. The van der Waals surface area contributed by atoms with Gasteiger partial charge in [-0.2, -0.15) is 0 Å². The second-order valence-corrected chi connectivity index (χ2v) is 6.28. The molecule has 2 atom stereocenters. The van der Waals surface area contributed by atoms with Gasteiger partial charge >= 0.3 is 0 Å². The third kappa shape index (κ3) is 3.20. The molecule has 124 valence electrons. The summed E-state index contributed by atoms with van der Waals surface area (Å²) in [6.07, 6.45) is 5.05. The van der Waals surface area contributed by atoms with Gasteiger partial charge in [0.15, 0.2) is 0 Å². The Kier molecular flexibility index (Phi) is 4.57. The number of carbonyl (C=O) groups is 1. The van der Waals surface area contributed by atoms with E-state index in [2.05, 4.69) is 0 Å². The Hall–Kier alpha value is -2.01. The van der Waals surface area contributed by atoms with Gasteiger partial charge in [-0.1, -0.05) is 0 Å². The van der Waals surface area contributed by atoms with Gasteiger partial charge in [0.25, 0.3) is 5.91 Å². The number of nitrogens with two attached hydrogens (primary N) is 1. The smallest absolute Gasteiger partial charge is 0.253 e. The predicted molar refractivity (Wildman–Crippen MR) is 89.5 cm³/mol. The van der Waals surface area contributed by atoms with Crippen LogP contribution < -0.4 is 15.2 Å². The number of hydrogen-bond acceptors (Lipinski definition) is 4. The minimum atomic E-state index is -0.0169. The summed E-state index contributed by atoms with van der Waals surface area (Å²) in [6, 6.07) is 5.72. The molecule has 2 heterocycles. The molecule has 1 saturated heterocycles. The Morgan fingerprint density at radius 1 is 1.43 bits per heavy atom. The van der Waals surface area contributed by atoms with Crippen LogP contribution in [0.3, 0.4) is 0 Å². The average Bonchev–Trinajstić information content (AvgIpc) is 2.60. The molecule has 1 fully saturated rings. The highest BCUT2D eigenvalue weighted by atomic mass is 16.5. The molecule has 0 bridgehead atoms. The van der Waals surface area contributed by atoms with E-state index in [0.29, 0.717) is 12.2 Å². The third-order valence-electron chi connectivity index (χ3n) is 4.62. The van der Waals surface area contributed by atoms with E-state index in [-0.39, 0.29) is 18.0 Å². The number of likely N-dealkylation sites (tertiary alicyclic amines) is 1. The van der Waals surface area contributed by atoms with Crippen molar-refractivity contribution in [2.24, 2.45) is 5.73 Å². The van der Waals surface area contributed by atoms with Gasteiger partial charge in [-0.25, -0.2) is 0 Å². The number of methoxy groups -OCH3 is 1. The van der Waals surface area contributed by atoms with Crippen molar-refractivity contribution in [2.45, 2.75) is 38.3 Å². The fraction of sp³-hybridized carbons (Fsp3) is 0.500. The fourth-order valence-electron chi connectivity index (χ4n) is 3.35. The van der Waals surface area contributed by atoms with E-state index in [1.54, 1.807) is 7.11 Å². The second-order valence-electron chi connectivity index (χ2n) is 6.28. The SMILES string of the molecule is COc1ccc2c(c1)C=C(C(=O)N1CCCCC1C(C)N)CO2. The van der Waals surface area contributed by atoms with E-state index >= 15 is 0 Å². The fourth-order valence-corrected chi connectivity index (χ4v) is 3.35. The van der Waals surface area contributed by atoms with Crippen molar-refractivity contribution in [3.05, 3.63) is 29.3 Å². The molecule has 1 aromatic rings. The summed E-state index contributed by atoms with van der Waals surface area (Å²) < 4.78 is 11.0. The van der Waals surface area contributed by atoms with Crippen LogP contribution in [-0.2, 0) is 4.79 Å². The highest BCUT2D eigenvalue weighted by molar-refractivity contribution is 5.99. The number of amides is 1. The van der Waals surface area contributed by atoms with E-state index in [4.69, 9.17) is 15.2 Å². The van der Waals surface area contributed by atoms with Crippen molar-refractivity contribution in [3.63, 3.8) is 0 Å². The van der Waals surface area contributed by atoms with Crippen LogP contribution in [0.1, 0.15) is 31.7 Å². The van der Waals surface area contributed by atoms with Crippen molar-refractivity contribution in [2.75, 3.05) is 20.3 Å². The van der Waals surface area contributed by atoms with Gasteiger partial charge in [0.1, 0.15) is 18.1 Å². The van der Waals surface area contributed by atoms with Gasteiger partial charge < -0.3 is 20.1 Å². The van der Waals surface area contributed by atoms with Gasteiger partial charge in [-0.3, -0.25) is 4.79 Å². The summed E-state index contributed by atoms with van der Waals surface area (Å²) in [7, 11) is 1.63. The number of fused-ring (bicyclic) bond motifs is 1. The van der Waals surface area contributed by atoms with Gasteiger partial charge in [0.2, 0.25) is 0 Å². The van der Waals surface area contributed by atoms with Gasteiger partial charge in [0.05, 0.1) is 12.7 Å². The van der Waals surface area contributed by atoms with Crippen LogP contribution in [-0.4, -0.2) is 43.2 Å². The van der Waals surface area contributed by atoms with Gasteiger partial charge in [0, 0.05) is 24.2 Å². The summed E-state index contributed by atoms with van der Waals surface area (Å²) in [5.74, 6) is 1.58. The van der Waals surface area contributed by atoms with E-state index < -0.39 is 0 Å². The molecule has 3 rings (SSSR count). The Balaban J connectivity index is 1.85. The summed E-state index contributed by atoms with van der Waals surface area (Å²) >= 11 is 0. The van der Waals surface area contributed by atoms with E-state index in [1.807, 2.05) is 36.1 Å². The lowest BCUT2D eigenvalue weighted by molar-refractivity contribution is -0.131. The van der Waals surface area contributed by atoms with Crippen LogP contribution >= 0.6 is 0 Å². The van der Waals surface area contributed by atoms with Gasteiger partial charge in [-0.05, 0) is 50.5 Å². The van der Waals surface area contributed by atoms with E-state index in [9.17, 15) is 4.79 Å². The van der Waals surface area contributed by atoms with E-state index in [1.165, 1.54) is 0 Å². The minimum Gasteiger partial charge on any atom is -0.497 e. The zero-order valence-electron chi connectivity index (χ0n) is 13.7. The third-order valence-corrected chi connectivity index (χ3v) is 4.62. The maximum Gasteiger partial charge on any atom is 0.253 e. The molecule has 1 amide bonds. The molecule has 0 radical (unpaired) electrons. The molecular formula is C18H24N2O3. The maximum absolute atomic E-state index is 12.9. The Labute approximate surface area is 137 Å². The van der Waals surface area contributed by atoms with Crippen molar-refractivity contribution in [1.82, 2.24) is 4.90 Å². The molecule has 1 aromatic carbocycles. The second kappa shape index (κ2) is 6.62. The Bertz CT molecular complexity index is 625. The Morgan fingerprint density at radius 2 is 2.26 bits per heavy atom. The lowest BCUT2D eigenvalue weighted by Gasteiger charge is -2.38. The van der Waals surface area contributed by atoms with Crippen LogP contribution in [0.2, 0.25) is 0 Å². The number of nitrogens with zero attached hydrogens (tertiary/aromatic N) is 1. The molecule has 2 unspecified atom stereocenters. The van der Waals surface area contributed by atoms with Crippen molar-refractivity contribution >= 4 is 12.0 Å². The van der Waals surface area contributed by atoms with Crippen LogP contribution in [0, 0.1) is 0 Å². The zero-order valence-corrected chi connectivity index (χ0v) is 13.7. The molecule has 0 aliphatic carbocycles. The van der Waals surface area contributed by atoms with Crippen molar-refractivity contribution in [3.8, 4) is 11.5 Å². The van der Waals surface area contributed by atoms with Crippen LogP contribution in [0.15, 0.2) is 23.8 Å². The highest BCUT2D eigenvalue weighted by Gasteiger charge is 2.31. The zero-order chi connectivity index (χ0) is 16.4. The molecule has 2 N–H and O–H groups in total. The molecule has 5 heteroatoms. The first kappa shape index (κ1) is 15.9. The van der Waals surface area contributed by atoms with Crippen LogP contribution in [0.4, 0.5) is 0 Å². The number of ether oxygens (including phenoxy) is 2. The van der Waals surface area contributed by atoms with Crippen LogP contribution in [0.25, 0.3) is 6.08 Å². The summed E-state index contributed by atoms with van der Waals surface area (Å²) in [6.45, 7) is 3.05. The lowest BCUT2D eigenvalue weighted by Crippen LogP contribution is -2.52. The standard InChI is InChI=1S/C18H24N2O3/c1-12(19)16-5-3-4-8-20(16)18(21)14-9-13-10-15(22-2)6-7-17(13)23-11-14/h6-7,9-10,12,16H,3-5,8,11,19H2,1-2H3. The number of piperidine rings is 1. The molecule has 0 aromatic heterocycles. The highest BCUT2D eigenvalue weighted by Crippen LogP contribution is 2.31. The largest absolute Gasteiger partial charge is 0.497 e.